The number of hydrogen-bond acceptors (Lipinski definition) is 3. The van der Waals surface area contributed by atoms with Crippen molar-refractivity contribution in [3.8, 4) is 5.75 Å². The van der Waals surface area contributed by atoms with Crippen LogP contribution in [0.3, 0.4) is 0 Å². The average Bonchev–Trinajstić information content (AvgIpc) is 2.37. The third-order valence-electron chi connectivity index (χ3n) is 3.66. The Labute approximate surface area is 113 Å². The lowest BCUT2D eigenvalue weighted by atomic mass is 9.88. The van der Waals surface area contributed by atoms with E-state index in [1.54, 1.807) is 13.8 Å². The van der Waals surface area contributed by atoms with Crippen LogP contribution in [0.15, 0.2) is 18.2 Å². The van der Waals surface area contributed by atoms with Crippen LogP contribution in [0.1, 0.15) is 43.9 Å². The Hall–Kier alpha value is -1.55. The molecule has 3 N–H and O–H groups in total. The van der Waals surface area contributed by atoms with E-state index in [1.807, 2.05) is 18.2 Å². The summed E-state index contributed by atoms with van der Waals surface area (Å²) in [6, 6.07) is 5.96. The van der Waals surface area contributed by atoms with Gasteiger partial charge in [-0.25, -0.2) is 0 Å². The number of nitrogens with two attached hydrogens (primary N) is 1. The third kappa shape index (κ3) is 3.07. The molecule has 0 radical (unpaired) electrons. The van der Waals surface area contributed by atoms with Gasteiger partial charge >= 0.3 is 5.97 Å². The molecule has 0 amide bonds. The van der Waals surface area contributed by atoms with Gasteiger partial charge in [-0.2, -0.15) is 0 Å². The number of carboxylic acids is 1. The highest BCUT2D eigenvalue weighted by Gasteiger charge is 2.28. The molecule has 0 spiro atoms. The Morgan fingerprint density at radius 1 is 1.53 bits per heavy atom. The van der Waals surface area contributed by atoms with Gasteiger partial charge in [-0.1, -0.05) is 6.07 Å². The van der Waals surface area contributed by atoms with Crippen molar-refractivity contribution >= 4 is 5.97 Å². The van der Waals surface area contributed by atoms with E-state index in [-0.39, 0.29) is 12.6 Å². The zero-order valence-corrected chi connectivity index (χ0v) is 11.5. The molecule has 1 atom stereocenters. The summed E-state index contributed by atoms with van der Waals surface area (Å²) in [7, 11) is 0. The summed E-state index contributed by atoms with van der Waals surface area (Å²) < 4.78 is 5.61. The van der Waals surface area contributed by atoms with E-state index >= 15 is 0 Å². The first-order valence-corrected chi connectivity index (χ1v) is 6.65. The van der Waals surface area contributed by atoms with Crippen LogP contribution in [0, 0.1) is 5.41 Å². The lowest BCUT2D eigenvalue weighted by Gasteiger charge is -2.24. The molecule has 0 aromatic heterocycles. The van der Waals surface area contributed by atoms with Crippen LogP contribution in [0.2, 0.25) is 0 Å². The molecule has 2 rings (SSSR count). The molecule has 0 aliphatic heterocycles. The fourth-order valence-electron chi connectivity index (χ4n) is 2.23. The van der Waals surface area contributed by atoms with Crippen LogP contribution in [-0.2, 0) is 11.2 Å². The highest BCUT2D eigenvalue weighted by molar-refractivity contribution is 5.73. The quantitative estimate of drug-likeness (QED) is 0.875. The van der Waals surface area contributed by atoms with Gasteiger partial charge in [0.2, 0.25) is 0 Å². The fraction of sp³-hybridized carbons (Fsp3) is 0.533. The minimum Gasteiger partial charge on any atom is -0.492 e. The maximum atomic E-state index is 11.0. The molecule has 1 aliphatic rings. The van der Waals surface area contributed by atoms with Crippen LogP contribution in [-0.4, -0.2) is 17.7 Å². The summed E-state index contributed by atoms with van der Waals surface area (Å²) in [6.07, 6.45) is 3.18. The van der Waals surface area contributed by atoms with E-state index < -0.39 is 11.4 Å². The number of rotatable bonds is 4. The van der Waals surface area contributed by atoms with Gasteiger partial charge in [0.15, 0.2) is 0 Å². The Morgan fingerprint density at radius 3 is 2.95 bits per heavy atom. The van der Waals surface area contributed by atoms with Crippen molar-refractivity contribution in [1.82, 2.24) is 0 Å². The van der Waals surface area contributed by atoms with Crippen molar-refractivity contribution < 1.29 is 14.6 Å². The highest BCUT2D eigenvalue weighted by atomic mass is 16.5. The minimum absolute atomic E-state index is 0.0692. The van der Waals surface area contributed by atoms with Crippen molar-refractivity contribution in [2.75, 3.05) is 6.61 Å². The number of carbonyl (C=O) groups is 1. The second-order valence-electron chi connectivity index (χ2n) is 5.84. The topological polar surface area (TPSA) is 72.5 Å². The molecule has 0 heterocycles. The minimum atomic E-state index is -0.891. The molecule has 4 heteroatoms. The Bertz CT molecular complexity index is 482. The normalized spacial score (nSPS) is 18.8. The second kappa shape index (κ2) is 5.21. The SMILES string of the molecule is CC(C)(COc1ccc2c(c1)C(N)CCC2)C(=O)O. The molecule has 4 nitrogen and oxygen atoms in total. The van der Waals surface area contributed by atoms with Crippen LogP contribution < -0.4 is 10.5 Å². The van der Waals surface area contributed by atoms with Crippen molar-refractivity contribution in [3.05, 3.63) is 29.3 Å². The number of fused-ring (bicyclic) bond motifs is 1. The molecular formula is C15H21NO3. The molecule has 0 saturated carbocycles. The number of aliphatic carboxylic acids is 1. The van der Waals surface area contributed by atoms with Crippen molar-refractivity contribution in [1.29, 1.82) is 0 Å². The summed E-state index contributed by atoms with van der Waals surface area (Å²) in [6.45, 7) is 3.45. The number of carboxylic acid groups (broad SMARTS) is 1. The maximum Gasteiger partial charge on any atom is 0.312 e. The molecule has 19 heavy (non-hydrogen) atoms. The van der Waals surface area contributed by atoms with Crippen molar-refractivity contribution in [2.24, 2.45) is 11.1 Å². The fourth-order valence-corrected chi connectivity index (χ4v) is 2.23. The lowest BCUT2D eigenvalue weighted by Crippen LogP contribution is -2.30. The molecule has 0 saturated heterocycles. The Balaban J connectivity index is 2.10. The van der Waals surface area contributed by atoms with E-state index in [0.29, 0.717) is 5.75 Å². The molecule has 0 bridgehead atoms. The van der Waals surface area contributed by atoms with E-state index in [9.17, 15) is 4.79 Å². The zero-order chi connectivity index (χ0) is 14.0. The molecular weight excluding hydrogens is 242 g/mol. The van der Waals surface area contributed by atoms with E-state index in [2.05, 4.69) is 0 Å². The summed E-state index contributed by atoms with van der Waals surface area (Å²) in [5.41, 5.74) is 7.62. The first-order valence-electron chi connectivity index (χ1n) is 6.65. The standard InChI is InChI=1S/C15H21NO3/c1-15(2,14(17)18)9-19-11-7-6-10-4-3-5-13(16)12(10)8-11/h6-8,13H,3-5,9,16H2,1-2H3,(H,17,18). The van der Waals surface area contributed by atoms with Gasteiger partial charge in [0.25, 0.3) is 0 Å². The van der Waals surface area contributed by atoms with Crippen molar-refractivity contribution in [3.63, 3.8) is 0 Å². The lowest BCUT2D eigenvalue weighted by molar-refractivity contribution is -0.148. The predicted molar refractivity (Wildman–Crippen MR) is 73.2 cm³/mol. The van der Waals surface area contributed by atoms with E-state index in [4.69, 9.17) is 15.6 Å². The highest BCUT2D eigenvalue weighted by Crippen LogP contribution is 2.31. The summed E-state index contributed by atoms with van der Waals surface area (Å²) in [5, 5.41) is 9.05. The summed E-state index contributed by atoms with van der Waals surface area (Å²) >= 11 is 0. The Kier molecular flexibility index (Phi) is 3.80. The monoisotopic (exact) mass is 263 g/mol. The largest absolute Gasteiger partial charge is 0.492 e. The Morgan fingerprint density at radius 2 is 2.26 bits per heavy atom. The molecule has 1 aromatic rings. The molecule has 1 aliphatic carbocycles. The van der Waals surface area contributed by atoms with Crippen LogP contribution >= 0.6 is 0 Å². The second-order valence-corrected chi connectivity index (χ2v) is 5.84. The van der Waals surface area contributed by atoms with Gasteiger partial charge in [-0.05, 0) is 56.4 Å². The van der Waals surface area contributed by atoms with Gasteiger partial charge in [0, 0.05) is 6.04 Å². The predicted octanol–water partition coefficient (Wildman–Crippen LogP) is 2.51. The number of ether oxygens (including phenoxy) is 1. The van der Waals surface area contributed by atoms with Crippen molar-refractivity contribution in [2.45, 2.75) is 39.2 Å². The number of hydrogen-bond donors (Lipinski definition) is 2. The summed E-state index contributed by atoms with van der Waals surface area (Å²) in [5.74, 6) is -0.160. The third-order valence-corrected chi connectivity index (χ3v) is 3.66. The summed E-state index contributed by atoms with van der Waals surface area (Å²) in [4.78, 5) is 11.0. The van der Waals surface area contributed by atoms with Gasteiger partial charge in [0.05, 0.1) is 5.41 Å². The number of benzene rings is 1. The smallest absolute Gasteiger partial charge is 0.312 e. The van der Waals surface area contributed by atoms with Gasteiger partial charge in [-0.3, -0.25) is 4.79 Å². The molecule has 1 aromatic carbocycles. The van der Waals surface area contributed by atoms with Crippen LogP contribution in [0.4, 0.5) is 0 Å². The molecule has 104 valence electrons. The van der Waals surface area contributed by atoms with Gasteiger partial charge in [-0.15, -0.1) is 0 Å². The molecule has 0 fully saturated rings. The first-order chi connectivity index (χ1) is 8.90. The molecule has 1 unspecified atom stereocenters. The van der Waals surface area contributed by atoms with Crippen LogP contribution in [0.25, 0.3) is 0 Å². The van der Waals surface area contributed by atoms with Gasteiger partial charge < -0.3 is 15.6 Å². The van der Waals surface area contributed by atoms with E-state index in [1.165, 1.54) is 5.56 Å². The van der Waals surface area contributed by atoms with E-state index in [0.717, 1.165) is 24.8 Å². The van der Waals surface area contributed by atoms with Crippen LogP contribution in [0.5, 0.6) is 5.75 Å². The zero-order valence-electron chi connectivity index (χ0n) is 11.5. The van der Waals surface area contributed by atoms with Gasteiger partial charge in [0.1, 0.15) is 12.4 Å². The maximum absolute atomic E-state index is 11.0. The first kappa shape index (κ1) is 13.9. The number of aryl methyl sites for hydroxylation is 1. The average molecular weight is 263 g/mol.